The van der Waals surface area contributed by atoms with Gasteiger partial charge in [0, 0.05) is 28.5 Å². The summed E-state index contributed by atoms with van der Waals surface area (Å²) >= 11 is 10.9. The Balaban J connectivity index is 2.02. The molecule has 1 unspecified atom stereocenters. The molecule has 0 amide bonds. The van der Waals surface area contributed by atoms with Crippen LogP contribution >= 0.6 is 38.9 Å². The number of nitrogens with zero attached hydrogens (tertiary/aromatic N) is 1. The number of morpholine rings is 1. The quantitative estimate of drug-likeness (QED) is 0.903. The molecule has 0 saturated carbocycles. The standard InChI is InChI=1S/C11H13BrClNO3S/c12-9-4-8(18-11(9)13)5-14-1-2-17-6-7(14)3-10(15)16/h4,7H,1-3,5-6H2,(H,15,16). The molecule has 1 saturated heterocycles. The summed E-state index contributed by atoms with van der Waals surface area (Å²) in [6.07, 6.45) is 0.111. The van der Waals surface area contributed by atoms with Crippen LogP contribution in [0.3, 0.4) is 0 Å². The van der Waals surface area contributed by atoms with Crippen LogP contribution < -0.4 is 0 Å². The maximum atomic E-state index is 10.8. The van der Waals surface area contributed by atoms with Crippen LogP contribution in [-0.2, 0) is 16.1 Å². The van der Waals surface area contributed by atoms with E-state index in [1.54, 1.807) is 0 Å². The van der Waals surface area contributed by atoms with E-state index in [4.69, 9.17) is 21.4 Å². The molecule has 2 heterocycles. The van der Waals surface area contributed by atoms with Crippen LogP contribution in [0.2, 0.25) is 4.34 Å². The average molecular weight is 355 g/mol. The summed E-state index contributed by atoms with van der Waals surface area (Å²) in [5.41, 5.74) is 0. The van der Waals surface area contributed by atoms with Gasteiger partial charge in [-0.15, -0.1) is 11.3 Å². The Labute approximate surface area is 123 Å². The molecule has 0 bridgehead atoms. The van der Waals surface area contributed by atoms with E-state index in [0.717, 1.165) is 26.8 Å². The number of halogens is 2. The molecule has 7 heteroatoms. The molecule has 1 aromatic heterocycles. The van der Waals surface area contributed by atoms with Crippen molar-refractivity contribution in [1.82, 2.24) is 4.90 Å². The van der Waals surface area contributed by atoms with Crippen LogP contribution in [0.5, 0.6) is 0 Å². The van der Waals surface area contributed by atoms with E-state index in [2.05, 4.69) is 20.8 Å². The number of hydrogen-bond acceptors (Lipinski definition) is 4. The first kappa shape index (κ1) is 14.3. The van der Waals surface area contributed by atoms with E-state index in [-0.39, 0.29) is 12.5 Å². The summed E-state index contributed by atoms with van der Waals surface area (Å²) in [6.45, 7) is 2.60. The summed E-state index contributed by atoms with van der Waals surface area (Å²) in [4.78, 5) is 14.1. The third-order valence-corrected chi connectivity index (χ3v) is 5.27. The lowest BCUT2D eigenvalue weighted by molar-refractivity contribution is -0.140. The fourth-order valence-corrected chi connectivity index (χ4v) is 3.77. The van der Waals surface area contributed by atoms with Crippen LogP contribution in [0.15, 0.2) is 10.5 Å². The SMILES string of the molecule is O=C(O)CC1COCCN1Cc1cc(Br)c(Cl)s1. The first-order valence-corrected chi connectivity index (χ1v) is 7.52. The number of ether oxygens (including phenoxy) is 1. The monoisotopic (exact) mass is 353 g/mol. The van der Waals surface area contributed by atoms with Gasteiger partial charge in [-0.2, -0.15) is 0 Å². The molecule has 2 rings (SSSR count). The second-order valence-corrected chi connectivity index (χ2v) is 6.72. The molecular formula is C11H13BrClNO3S. The lowest BCUT2D eigenvalue weighted by Gasteiger charge is -2.34. The van der Waals surface area contributed by atoms with E-state index >= 15 is 0 Å². The highest BCUT2D eigenvalue weighted by Gasteiger charge is 2.25. The zero-order chi connectivity index (χ0) is 13.1. The molecule has 0 radical (unpaired) electrons. The Kier molecular flexibility index (Phi) is 5.03. The Bertz CT molecular complexity index is 420. The van der Waals surface area contributed by atoms with Gasteiger partial charge >= 0.3 is 5.97 Å². The number of carboxylic acid groups (broad SMARTS) is 1. The predicted molar refractivity (Wildman–Crippen MR) is 74.3 cm³/mol. The highest BCUT2D eigenvalue weighted by Crippen LogP contribution is 2.33. The second-order valence-electron chi connectivity index (χ2n) is 4.13. The van der Waals surface area contributed by atoms with Crippen molar-refractivity contribution in [3.63, 3.8) is 0 Å². The molecule has 18 heavy (non-hydrogen) atoms. The van der Waals surface area contributed by atoms with E-state index in [1.807, 2.05) is 6.07 Å². The molecule has 1 fully saturated rings. The Morgan fingerprint density at radius 2 is 2.50 bits per heavy atom. The van der Waals surface area contributed by atoms with Gasteiger partial charge in [-0.3, -0.25) is 9.69 Å². The van der Waals surface area contributed by atoms with Crippen molar-refractivity contribution in [3.8, 4) is 0 Å². The predicted octanol–water partition coefficient (Wildman–Crippen LogP) is 2.84. The normalized spacial score (nSPS) is 21.1. The van der Waals surface area contributed by atoms with Crippen LogP contribution in [0.4, 0.5) is 0 Å². The largest absolute Gasteiger partial charge is 0.481 e. The van der Waals surface area contributed by atoms with E-state index in [1.165, 1.54) is 11.3 Å². The van der Waals surface area contributed by atoms with Gasteiger partial charge in [-0.25, -0.2) is 0 Å². The summed E-state index contributed by atoms with van der Waals surface area (Å²) in [6, 6.07) is 1.93. The maximum absolute atomic E-state index is 10.8. The molecule has 1 aliphatic rings. The van der Waals surface area contributed by atoms with Gasteiger partial charge in [0.1, 0.15) is 4.34 Å². The van der Waals surface area contributed by atoms with Crippen molar-refractivity contribution in [2.45, 2.75) is 19.0 Å². The van der Waals surface area contributed by atoms with Crippen molar-refractivity contribution >= 4 is 44.8 Å². The molecule has 1 aliphatic heterocycles. The smallest absolute Gasteiger partial charge is 0.305 e. The van der Waals surface area contributed by atoms with E-state index in [0.29, 0.717) is 13.2 Å². The lowest BCUT2D eigenvalue weighted by atomic mass is 10.1. The van der Waals surface area contributed by atoms with Gasteiger partial charge in [0.25, 0.3) is 0 Å². The molecule has 1 atom stereocenters. The van der Waals surface area contributed by atoms with Crippen molar-refractivity contribution in [3.05, 3.63) is 19.8 Å². The topological polar surface area (TPSA) is 49.8 Å². The van der Waals surface area contributed by atoms with Gasteiger partial charge in [-0.05, 0) is 22.0 Å². The van der Waals surface area contributed by atoms with Gasteiger partial charge in [-0.1, -0.05) is 11.6 Å². The number of carboxylic acids is 1. The summed E-state index contributed by atoms with van der Waals surface area (Å²) < 4.78 is 6.97. The molecule has 1 aromatic rings. The third kappa shape index (κ3) is 3.68. The number of hydrogen-bond donors (Lipinski definition) is 1. The summed E-state index contributed by atoms with van der Waals surface area (Å²) in [7, 11) is 0. The highest BCUT2D eigenvalue weighted by molar-refractivity contribution is 9.10. The molecule has 0 spiro atoms. The zero-order valence-corrected chi connectivity index (χ0v) is 12.7. The van der Waals surface area contributed by atoms with Gasteiger partial charge < -0.3 is 9.84 Å². The fourth-order valence-electron chi connectivity index (χ4n) is 1.96. The summed E-state index contributed by atoms with van der Waals surface area (Å²) in [5.74, 6) is -0.791. The van der Waals surface area contributed by atoms with Crippen LogP contribution in [0.25, 0.3) is 0 Å². The van der Waals surface area contributed by atoms with Crippen molar-refractivity contribution in [2.75, 3.05) is 19.8 Å². The first-order chi connectivity index (χ1) is 8.56. The molecule has 1 N–H and O–H groups in total. The number of rotatable bonds is 4. The molecular weight excluding hydrogens is 342 g/mol. The van der Waals surface area contributed by atoms with Crippen molar-refractivity contribution < 1.29 is 14.6 Å². The minimum atomic E-state index is -0.791. The Hall–Kier alpha value is -0.140. The van der Waals surface area contributed by atoms with Gasteiger partial charge in [0.2, 0.25) is 0 Å². The van der Waals surface area contributed by atoms with Crippen LogP contribution in [0, 0.1) is 0 Å². The minimum absolute atomic E-state index is 0.0594. The Morgan fingerprint density at radius 3 is 3.11 bits per heavy atom. The van der Waals surface area contributed by atoms with Gasteiger partial charge in [0.15, 0.2) is 0 Å². The third-order valence-electron chi connectivity index (χ3n) is 2.81. The lowest BCUT2D eigenvalue weighted by Crippen LogP contribution is -2.45. The zero-order valence-electron chi connectivity index (χ0n) is 9.57. The van der Waals surface area contributed by atoms with Crippen molar-refractivity contribution in [2.24, 2.45) is 0 Å². The second kappa shape index (κ2) is 6.34. The number of aliphatic carboxylic acids is 1. The van der Waals surface area contributed by atoms with Gasteiger partial charge in [0.05, 0.1) is 19.6 Å². The van der Waals surface area contributed by atoms with Crippen LogP contribution in [-0.4, -0.2) is 41.8 Å². The first-order valence-electron chi connectivity index (χ1n) is 5.53. The minimum Gasteiger partial charge on any atom is -0.481 e. The Morgan fingerprint density at radius 1 is 1.72 bits per heavy atom. The van der Waals surface area contributed by atoms with Crippen LogP contribution in [0.1, 0.15) is 11.3 Å². The highest BCUT2D eigenvalue weighted by atomic mass is 79.9. The maximum Gasteiger partial charge on any atom is 0.305 e. The fraction of sp³-hybridized carbons (Fsp3) is 0.545. The number of thiophene rings is 1. The van der Waals surface area contributed by atoms with E-state index in [9.17, 15) is 4.79 Å². The number of carbonyl (C=O) groups is 1. The molecule has 100 valence electrons. The summed E-state index contributed by atoms with van der Waals surface area (Å²) in [5, 5.41) is 8.89. The molecule has 0 aromatic carbocycles. The molecule has 4 nitrogen and oxygen atoms in total. The average Bonchev–Trinajstić information content (AvgIpc) is 2.60. The van der Waals surface area contributed by atoms with Crippen molar-refractivity contribution in [1.29, 1.82) is 0 Å². The van der Waals surface area contributed by atoms with E-state index < -0.39 is 5.97 Å². The molecule has 0 aliphatic carbocycles.